The molecule has 0 radical (unpaired) electrons. The molecule has 27 heavy (non-hydrogen) atoms. The number of nitrogens with one attached hydrogen (secondary N) is 3. The van der Waals surface area contributed by atoms with E-state index in [9.17, 15) is 4.79 Å². The first-order chi connectivity index (χ1) is 13.3. The van der Waals surface area contributed by atoms with Crippen molar-refractivity contribution in [3.05, 3.63) is 54.5 Å². The average molecular weight is 369 g/mol. The lowest BCUT2D eigenvalue weighted by atomic mass is 10.2. The van der Waals surface area contributed by atoms with E-state index in [0.29, 0.717) is 12.5 Å². The number of hydrogen-bond acceptors (Lipinski definition) is 4. The molecule has 2 aromatic rings. The number of guanidine groups is 1. The molecule has 1 amide bonds. The van der Waals surface area contributed by atoms with Crippen molar-refractivity contribution in [1.82, 2.24) is 15.5 Å². The van der Waals surface area contributed by atoms with Crippen LogP contribution in [0, 0.1) is 0 Å². The third-order valence-corrected chi connectivity index (χ3v) is 4.61. The van der Waals surface area contributed by atoms with Crippen LogP contribution in [-0.4, -0.2) is 50.0 Å². The molecule has 1 fully saturated rings. The van der Waals surface area contributed by atoms with Gasteiger partial charge >= 0.3 is 0 Å². The summed E-state index contributed by atoms with van der Waals surface area (Å²) in [5.41, 5.74) is 0.777. The van der Waals surface area contributed by atoms with Crippen LogP contribution in [0.2, 0.25) is 0 Å². The molecule has 0 aliphatic carbocycles. The molecule has 7 heteroatoms. The smallest absolute Gasteiger partial charge is 0.243 e. The zero-order valence-electron chi connectivity index (χ0n) is 15.6. The Morgan fingerprint density at radius 2 is 1.93 bits per heavy atom. The number of furan rings is 1. The number of para-hydroxylation sites is 1. The summed E-state index contributed by atoms with van der Waals surface area (Å²) in [6, 6.07) is 13.5. The summed E-state index contributed by atoms with van der Waals surface area (Å²) in [7, 11) is 1.70. The fourth-order valence-corrected chi connectivity index (χ4v) is 3.25. The summed E-state index contributed by atoms with van der Waals surface area (Å²) in [5.74, 6) is 1.42. The average Bonchev–Trinajstić information content (AvgIpc) is 3.40. The molecule has 1 saturated heterocycles. The lowest BCUT2D eigenvalue weighted by molar-refractivity contribution is -0.115. The fourth-order valence-electron chi connectivity index (χ4n) is 3.25. The van der Waals surface area contributed by atoms with Gasteiger partial charge in [-0.15, -0.1) is 0 Å². The van der Waals surface area contributed by atoms with Crippen molar-refractivity contribution < 1.29 is 9.21 Å². The summed E-state index contributed by atoms with van der Waals surface area (Å²) in [5, 5.41) is 9.22. The normalized spacial score (nSPS) is 16.1. The molecule has 1 aromatic carbocycles. The predicted octanol–water partition coefficient (Wildman–Crippen LogP) is 2.22. The van der Waals surface area contributed by atoms with Gasteiger partial charge in [-0.3, -0.25) is 14.7 Å². The number of anilines is 1. The van der Waals surface area contributed by atoms with Gasteiger partial charge in [0.05, 0.1) is 18.8 Å². The van der Waals surface area contributed by atoms with E-state index in [1.807, 2.05) is 42.5 Å². The van der Waals surface area contributed by atoms with Crippen LogP contribution in [0.15, 0.2) is 58.1 Å². The Morgan fingerprint density at radius 1 is 1.15 bits per heavy atom. The van der Waals surface area contributed by atoms with Crippen molar-refractivity contribution in [1.29, 1.82) is 0 Å². The summed E-state index contributed by atoms with van der Waals surface area (Å²) in [4.78, 5) is 18.7. The van der Waals surface area contributed by atoms with Gasteiger partial charge in [0.2, 0.25) is 5.91 Å². The van der Waals surface area contributed by atoms with Crippen molar-refractivity contribution in [3.8, 4) is 0 Å². The zero-order valence-corrected chi connectivity index (χ0v) is 15.6. The number of rotatable bonds is 7. The van der Waals surface area contributed by atoms with E-state index in [2.05, 4.69) is 25.8 Å². The standard InChI is InChI=1S/C20H27N5O2/c1-21-20(23-15-19(26)24-16-8-3-2-4-9-16)22-14-17(18-10-7-13-27-18)25-11-5-6-12-25/h2-4,7-10,13,17H,5-6,11-12,14-15H2,1H3,(H,24,26)(H2,21,22,23). The zero-order chi connectivity index (χ0) is 18.9. The number of nitrogens with zero attached hydrogens (tertiary/aromatic N) is 2. The maximum absolute atomic E-state index is 12.1. The number of likely N-dealkylation sites (tertiary alicyclic amines) is 1. The van der Waals surface area contributed by atoms with E-state index in [0.717, 1.165) is 24.5 Å². The molecule has 144 valence electrons. The highest BCUT2D eigenvalue weighted by molar-refractivity contribution is 5.94. The van der Waals surface area contributed by atoms with E-state index in [4.69, 9.17) is 4.42 Å². The summed E-state index contributed by atoms with van der Waals surface area (Å²) < 4.78 is 5.63. The molecule has 1 aliphatic rings. The van der Waals surface area contributed by atoms with Gasteiger partial charge in [0.15, 0.2) is 5.96 Å². The first kappa shape index (κ1) is 19.0. The summed E-state index contributed by atoms with van der Waals surface area (Å²) >= 11 is 0. The Labute approximate surface area is 159 Å². The predicted molar refractivity (Wildman–Crippen MR) is 107 cm³/mol. The molecule has 2 heterocycles. The topological polar surface area (TPSA) is 81.9 Å². The van der Waals surface area contributed by atoms with Crippen LogP contribution in [0.3, 0.4) is 0 Å². The van der Waals surface area contributed by atoms with Gasteiger partial charge in [0, 0.05) is 19.3 Å². The van der Waals surface area contributed by atoms with Gasteiger partial charge in [-0.25, -0.2) is 0 Å². The Morgan fingerprint density at radius 3 is 2.59 bits per heavy atom. The van der Waals surface area contributed by atoms with Crippen LogP contribution in [-0.2, 0) is 4.79 Å². The van der Waals surface area contributed by atoms with Crippen molar-refractivity contribution in [3.63, 3.8) is 0 Å². The van der Waals surface area contributed by atoms with Gasteiger partial charge in [0.1, 0.15) is 5.76 Å². The van der Waals surface area contributed by atoms with Gasteiger partial charge < -0.3 is 20.4 Å². The molecule has 0 spiro atoms. The van der Waals surface area contributed by atoms with E-state index in [1.54, 1.807) is 13.3 Å². The molecule has 1 aliphatic heterocycles. The molecule has 1 atom stereocenters. The largest absolute Gasteiger partial charge is 0.468 e. The van der Waals surface area contributed by atoms with Crippen LogP contribution >= 0.6 is 0 Å². The second-order valence-electron chi connectivity index (χ2n) is 6.50. The minimum Gasteiger partial charge on any atom is -0.468 e. The van der Waals surface area contributed by atoms with Crippen LogP contribution in [0.25, 0.3) is 0 Å². The van der Waals surface area contributed by atoms with Crippen molar-refractivity contribution in [2.75, 3.05) is 38.5 Å². The summed E-state index contributed by atoms with van der Waals surface area (Å²) in [6.07, 6.45) is 4.13. The fraction of sp³-hybridized carbons (Fsp3) is 0.400. The highest BCUT2D eigenvalue weighted by Gasteiger charge is 2.25. The lowest BCUT2D eigenvalue weighted by Gasteiger charge is -2.26. The van der Waals surface area contributed by atoms with Gasteiger partial charge in [-0.2, -0.15) is 0 Å². The Bertz CT molecular complexity index is 724. The number of carbonyl (C=O) groups is 1. The van der Waals surface area contributed by atoms with Crippen LogP contribution in [0.4, 0.5) is 5.69 Å². The second-order valence-corrected chi connectivity index (χ2v) is 6.50. The Balaban J connectivity index is 1.49. The Kier molecular flexibility index (Phi) is 6.87. The van der Waals surface area contributed by atoms with Crippen LogP contribution in [0.5, 0.6) is 0 Å². The highest BCUT2D eigenvalue weighted by Crippen LogP contribution is 2.24. The highest BCUT2D eigenvalue weighted by atomic mass is 16.3. The van der Waals surface area contributed by atoms with E-state index in [-0.39, 0.29) is 18.5 Å². The maximum atomic E-state index is 12.1. The van der Waals surface area contributed by atoms with Crippen molar-refractivity contribution in [2.45, 2.75) is 18.9 Å². The van der Waals surface area contributed by atoms with Crippen LogP contribution < -0.4 is 16.0 Å². The molecule has 7 nitrogen and oxygen atoms in total. The van der Waals surface area contributed by atoms with Gasteiger partial charge in [0.25, 0.3) is 0 Å². The minimum absolute atomic E-state index is 0.119. The van der Waals surface area contributed by atoms with Crippen LogP contribution in [0.1, 0.15) is 24.6 Å². The van der Waals surface area contributed by atoms with E-state index < -0.39 is 0 Å². The number of carbonyl (C=O) groups excluding carboxylic acids is 1. The van der Waals surface area contributed by atoms with E-state index in [1.165, 1.54) is 12.8 Å². The van der Waals surface area contributed by atoms with Gasteiger partial charge in [-0.1, -0.05) is 18.2 Å². The van der Waals surface area contributed by atoms with E-state index >= 15 is 0 Å². The van der Waals surface area contributed by atoms with Crippen molar-refractivity contribution in [2.24, 2.45) is 4.99 Å². The first-order valence-electron chi connectivity index (χ1n) is 9.33. The molecular weight excluding hydrogens is 342 g/mol. The third-order valence-electron chi connectivity index (χ3n) is 4.61. The number of hydrogen-bond donors (Lipinski definition) is 3. The quantitative estimate of drug-likeness (QED) is 0.515. The summed E-state index contributed by atoms with van der Waals surface area (Å²) in [6.45, 7) is 2.94. The number of amides is 1. The maximum Gasteiger partial charge on any atom is 0.243 e. The second kappa shape index (κ2) is 9.78. The molecule has 3 N–H and O–H groups in total. The number of aliphatic imine (C=N–C) groups is 1. The molecular formula is C20H27N5O2. The number of benzene rings is 1. The lowest BCUT2D eigenvalue weighted by Crippen LogP contribution is -2.44. The molecule has 0 bridgehead atoms. The third kappa shape index (κ3) is 5.59. The minimum atomic E-state index is -0.119. The monoisotopic (exact) mass is 369 g/mol. The molecule has 1 aromatic heterocycles. The molecule has 0 saturated carbocycles. The Hall–Kier alpha value is -2.80. The SMILES string of the molecule is CN=C(NCC(=O)Nc1ccccc1)NCC(c1ccco1)N1CCCC1. The van der Waals surface area contributed by atoms with Crippen molar-refractivity contribution >= 4 is 17.6 Å². The molecule has 1 unspecified atom stereocenters. The molecule has 3 rings (SSSR count). The van der Waals surface area contributed by atoms with Gasteiger partial charge in [-0.05, 0) is 50.2 Å². The first-order valence-corrected chi connectivity index (χ1v) is 9.33.